The lowest BCUT2D eigenvalue weighted by molar-refractivity contribution is -0.140. The summed E-state index contributed by atoms with van der Waals surface area (Å²) in [5, 5.41) is 17.1. The summed E-state index contributed by atoms with van der Waals surface area (Å²) in [5.74, 6) is -2.03. The number of unbranched alkanes of at least 4 members (excludes halogenated alkanes) is 23. The van der Waals surface area contributed by atoms with E-state index in [1.165, 1.54) is 180 Å². The van der Waals surface area contributed by atoms with Crippen LogP contribution in [0.25, 0.3) is 0 Å². The van der Waals surface area contributed by atoms with Gasteiger partial charge in [-0.15, -0.1) is 0 Å². The molecule has 0 fully saturated rings. The van der Waals surface area contributed by atoms with Crippen LogP contribution >= 0.6 is 0 Å². The number of hydrogen-bond acceptors (Lipinski definition) is 2. The maximum absolute atomic E-state index is 10.4. The Balaban J connectivity index is -0.0000000808. The van der Waals surface area contributed by atoms with Crippen LogP contribution in [0.5, 0.6) is 0 Å². The lowest BCUT2D eigenvalue weighted by Gasteiger charge is -2.11. The zero-order valence-corrected chi connectivity index (χ0v) is 42.3. The Bertz CT molecular complexity index is 440. The Kier molecular flexibility index (Phi) is 111. The molecular weight excluding hydrogens is 689 g/mol. The summed E-state index contributed by atoms with van der Waals surface area (Å²) in [7, 11) is 0. The van der Waals surface area contributed by atoms with Gasteiger partial charge in [0.1, 0.15) is 0 Å². The summed E-state index contributed by atoms with van der Waals surface area (Å²) in [4.78, 5) is 20.9. The fourth-order valence-electron chi connectivity index (χ4n) is 4.95. The van der Waals surface area contributed by atoms with Gasteiger partial charge in [-0.05, 0) is 12.3 Å². The molecule has 0 aromatic rings. The number of hydrogen-bond donors (Lipinski definition) is 2. The van der Waals surface area contributed by atoms with Crippen molar-refractivity contribution in [2.24, 2.45) is 5.92 Å². The number of carbonyl (C=O) groups is 2. The van der Waals surface area contributed by atoms with Gasteiger partial charge in [0.05, 0.1) is 0 Å². The maximum Gasteiger partial charge on any atom is 0.303 e. The highest BCUT2D eigenvalue weighted by molar-refractivity contribution is 5.70. The third-order valence-electron chi connectivity index (χ3n) is 8.84. The van der Waals surface area contributed by atoms with E-state index in [1.54, 1.807) is 0 Å². The molecule has 56 heavy (non-hydrogen) atoms. The Morgan fingerprint density at radius 1 is 0.268 bits per heavy atom. The molecule has 0 aromatic carbocycles. The quantitative estimate of drug-likeness (QED) is 0.0739. The van der Waals surface area contributed by atoms with Crippen molar-refractivity contribution in [3.8, 4) is 0 Å². The lowest BCUT2D eigenvalue weighted by Crippen LogP contribution is -2.12. The van der Waals surface area contributed by atoms with Gasteiger partial charge < -0.3 is 10.2 Å². The fourth-order valence-corrected chi connectivity index (χ4v) is 4.95. The summed E-state index contributed by atoms with van der Waals surface area (Å²) in [6, 6.07) is 0. The summed E-state index contributed by atoms with van der Waals surface area (Å²) in [6.45, 7) is 33.3. The van der Waals surface area contributed by atoms with Crippen molar-refractivity contribution in [1.29, 1.82) is 0 Å². The monoisotopic (exact) mass is 805 g/mol. The Labute approximate surface area is 358 Å². The van der Waals surface area contributed by atoms with E-state index in [9.17, 15) is 9.59 Å². The van der Waals surface area contributed by atoms with Crippen molar-refractivity contribution in [1.82, 2.24) is 0 Å². The Morgan fingerprint density at radius 2 is 0.393 bits per heavy atom. The normalized spacial score (nSPS) is 9.36. The average Bonchev–Trinajstić information content (AvgIpc) is 3.19. The SMILES string of the molecule is CCCCCC.CCCCCC.CCCCCC.CCCCCC.CCCCCC.CCCCCC.CCCCCC.CCCCCC(CC(=O)O)CC(=O)O. The first kappa shape index (κ1) is 72.5. The van der Waals surface area contributed by atoms with Crippen LogP contribution in [-0.2, 0) is 9.59 Å². The van der Waals surface area contributed by atoms with E-state index >= 15 is 0 Å². The number of aliphatic carboxylic acids is 2. The first-order valence-corrected chi connectivity index (χ1v) is 25.4. The van der Waals surface area contributed by atoms with E-state index < -0.39 is 11.9 Å². The second kappa shape index (κ2) is 85.9. The predicted octanol–water partition coefficient (Wildman–Crippen LogP) is 20.2. The number of carboxylic acids is 2. The van der Waals surface area contributed by atoms with Crippen molar-refractivity contribution in [3.05, 3.63) is 0 Å². The molecule has 0 heterocycles. The average molecular weight is 805 g/mol. The van der Waals surface area contributed by atoms with Crippen LogP contribution in [0.15, 0.2) is 0 Å². The molecule has 0 aromatic heterocycles. The van der Waals surface area contributed by atoms with Gasteiger partial charge in [0.2, 0.25) is 0 Å². The van der Waals surface area contributed by atoms with Crippen molar-refractivity contribution >= 4 is 11.9 Å². The van der Waals surface area contributed by atoms with Crippen LogP contribution in [0.3, 0.4) is 0 Å². The molecule has 0 amide bonds. The summed E-state index contributed by atoms with van der Waals surface area (Å²) in [5.41, 5.74) is 0. The first-order valence-electron chi connectivity index (χ1n) is 25.4. The molecule has 2 N–H and O–H groups in total. The summed E-state index contributed by atoms with van der Waals surface area (Å²) < 4.78 is 0. The van der Waals surface area contributed by atoms with E-state index in [0.29, 0.717) is 6.42 Å². The van der Waals surface area contributed by atoms with Gasteiger partial charge in [-0.25, -0.2) is 0 Å². The van der Waals surface area contributed by atoms with E-state index in [2.05, 4.69) is 104 Å². The molecule has 0 saturated heterocycles. The zero-order valence-electron chi connectivity index (χ0n) is 42.3. The Morgan fingerprint density at radius 3 is 0.500 bits per heavy atom. The number of rotatable bonds is 29. The molecular formula is C52H116O4. The molecule has 0 aliphatic rings. The third kappa shape index (κ3) is 132. The second-order valence-corrected chi connectivity index (χ2v) is 15.5. The van der Waals surface area contributed by atoms with Crippen LogP contribution in [0.4, 0.5) is 0 Å². The van der Waals surface area contributed by atoms with Gasteiger partial charge >= 0.3 is 11.9 Å². The molecule has 0 atom stereocenters. The molecule has 0 aliphatic carbocycles. The van der Waals surface area contributed by atoms with Crippen molar-refractivity contribution in [2.75, 3.05) is 0 Å². The largest absolute Gasteiger partial charge is 0.481 e. The van der Waals surface area contributed by atoms with Gasteiger partial charge in [0, 0.05) is 12.8 Å². The molecule has 4 nitrogen and oxygen atoms in total. The number of carboxylic acid groups (broad SMARTS) is 2. The fraction of sp³-hybridized carbons (Fsp3) is 0.962. The minimum absolute atomic E-state index is 0.0317. The van der Waals surface area contributed by atoms with Crippen LogP contribution in [0.2, 0.25) is 0 Å². The van der Waals surface area contributed by atoms with Crippen LogP contribution in [0.1, 0.15) is 322 Å². The van der Waals surface area contributed by atoms with Gasteiger partial charge in [-0.2, -0.15) is 0 Å². The molecule has 0 radical (unpaired) electrons. The standard InChI is InChI=1S/C10H18O4.7C6H14/c1-2-3-4-5-8(6-9(11)12)7-10(13)14;7*1-3-5-6-4-2/h8H,2-7H2,1H3,(H,11,12)(H,13,14);7*3-6H2,1-2H3. The zero-order chi connectivity index (χ0) is 44.8. The molecule has 0 aliphatic heterocycles. The molecule has 4 heteroatoms. The molecule has 0 rings (SSSR count). The minimum Gasteiger partial charge on any atom is -0.481 e. The molecule has 0 unspecified atom stereocenters. The van der Waals surface area contributed by atoms with Gasteiger partial charge in [0.15, 0.2) is 0 Å². The summed E-state index contributed by atoms with van der Waals surface area (Å²) in [6.07, 6.45) is 42.4. The van der Waals surface area contributed by atoms with E-state index in [0.717, 1.165) is 19.3 Å². The predicted molar refractivity (Wildman–Crippen MR) is 261 cm³/mol. The maximum atomic E-state index is 10.4. The highest BCUT2D eigenvalue weighted by atomic mass is 16.4. The van der Waals surface area contributed by atoms with Crippen LogP contribution < -0.4 is 0 Å². The highest BCUT2D eigenvalue weighted by Gasteiger charge is 2.16. The Hall–Kier alpha value is -1.06. The van der Waals surface area contributed by atoms with Crippen molar-refractivity contribution in [3.63, 3.8) is 0 Å². The second-order valence-electron chi connectivity index (χ2n) is 15.5. The molecule has 0 saturated carbocycles. The highest BCUT2D eigenvalue weighted by Crippen LogP contribution is 2.17. The smallest absolute Gasteiger partial charge is 0.303 e. The summed E-state index contributed by atoms with van der Waals surface area (Å²) >= 11 is 0. The lowest BCUT2D eigenvalue weighted by atomic mass is 9.95. The topological polar surface area (TPSA) is 74.6 Å². The van der Waals surface area contributed by atoms with Gasteiger partial charge in [-0.1, -0.05) is 303 Å². The van der Waals surface area contributed by atoms with Crippen LogP contribution in [-0.4, -0.2) is 22.2 Å². The van der Waals surface area contributed by atoms with E-state index in [4.69, 9.17) is 10.2 Å². The molecule has 348 valence electrons. The van der Waals surface area contributed by atoms with Gasteiger partial charge in [0.25, 0.3) is 0 Å². The molecule has 0 spiro atoms. The van der Waals surface area contributed by atoms with Crippen molar-refractivity contribution in [2.45, 2.75) is 322 Å². The van der Waals surface area contributed by atoms with E-state index in [-0.39, 0.29) is 18.8 Å². The third-order valence-corrected chi connectivity index (χ3v) is 8.84. The van der Waals surface area contributed by atoms with E-state index in [1.807, 2.05) is 0 Å². The van der Waals surface area contributed by atoms with Crippen molar-refractivity contribution < 1.29 is 19.8 Å². The first-order chi connectivity index (χ1) is 27.0. The molecule has 0 bridgehead atoms. The van der Waals surface area contributed by atoms with Crippen LogP contribution in [0, 0.1) is 5.92 Å². The van der Waals surface area contributed by atoms with Gasteiger partial charge in [-0.3, -0.25) is 9.59 Å². The minimum atomic E-state index is -0.909.